The van der Waals surface area contributed by atoms with E-state index in [1.165, 1.54) is 51.4 Å². The van der Waals surface area contributed by atoms with E-state index in [1.807, 2.05) is 0 Å². The molecule has 0 saturated carbocycles. The Bertz CT molecular complexity index is 748. The van der Waals surface area contributed by atoms with Crippen molar-refractivity contribution in [1.29, 1.82) is 0 Å². The molecular weight excluding hydrogens is 550 g/mol. The lowest BCUT2D eigenvalue weighted by Gasteiger charge is -2.27. The quantitative estimate of drug-likeness (QED) is 0.0395. The minimum atomic E-state index is -1.30. The van der Waals surface area contributed by atoms with E-state index in [1.54, 1.807) is 0 Å². The molecule has 0 aromatic carbocycles. The zero-order chi connectivity index (χ0) is 32.5. The molecule has 0 saturated heterocycles. The van der Waals surface area contributed by atoms with E-state index in [0.29, 0.717) is 19.3 Å². The normalized spacial score (nSPS) is 15.1. The maximum Gasteiger partial charge on any atom is 0.249 e. The summed E-state index contributed by atoms with van der Waals surface area (Å²) in [6.45, 7) is 3.93. The van der Waals surface area contributed by atoms with E-state index in [0.717, 1.165) is 70.6 Å². The third kappa shape index (κ3) is 26.7. The first-order valence-corrected chi connectivity index (χ1v) is 18.0. The van der Waals surface area contributed by atoms with Crippen molar-refractivity contribution in [3.05, 3.63) is 48.6 Å². The lowest BCUT2D eigenvalue weighted by molar-refractivity contribution is -0.132. The number of hydrogen-bond acceptors (Lipinski definition) is 5. The number of unbranched alkanes of at least 4 members (excludes halogenated alkanes) is 14. The van der Waals surface area contributed by atoms with Crippen LogP contribution in [0.2, 0.25) is 0 Å². The largest absolute Gasteiger partial charge is 0.394 e. The van der Waals surface area contributed by atoms with Crippen molar-refractivity contribution in [2.45, 2.75) is 179 Å². The first kappa shape index (κ1) is 42.3. The van der Waals surface area contributed by atoms with Crippen LogP contribution >= 0.6 is 0 Å². The van der Waals surface area contributed by atoms with Crippen LogP contribution in [0.5, 0.6) is 0 Å². The summed E-state index contributed by atoms with van der Waals surface area (Å²) < 4.78 is 0. The Morgan fingerprint density at radius 1 is 0.545 bits per heavy atom. The van der Waals surface area contributed by atoms with Crippen LogP contribution < -0.4 is 5.32 Å². The molecule has 0 aliphatic heterocycles. The fourth-order valence-electron chi connectivity index (χ4n) is 5.00. The Balaban J connectivity index is 3.95. The van der Waals surface area contributed by atoms with Crippen molar-refractivity contribution in [2.75, 3.05) is 6.61 Å². The monoisotopic (exact) mass is 620 g/mol. The van der Waals surface area contributed by atoms with Gasteiger partial charge in [-0.15, -0.1) is 0 Å². The van der Waals surface area contributed by atoms with Crippen molar-refractivity contribution < 1.29 is 25.2 Å². The fourth-order valence-corrected chi connectivity index (χ4v) is 5.00. The molecule has 6 nitrogen and oxygen atoms in total. The van der Waals surface area contributed by atoms with Gasteiger partial charge in [-0.05, 0) is 83.5 Å². The van der Waals surface area contributed by atoms with Crippen LogP contribution in [0.15, 0.2) is 48.6 Å². The summed E-state index contributed by atoms with van der Waals surface area (Å²) in [6, 6.07) is -1.01. The zero-order valence-corrected chi connectivity index (χ0v) is 28.4. The van der Waals surface area contributed by atoms with Gasteiger partial charge in [0.1, 0.15) is 12.2 Å². The van der Waals surface area contributed by atoms with E-state index in [4.69, 9.17) is 0 Å². The minimum absolute atomic E-state index is 0.341. The highest BCUT2D eigenvalue weighted by Crippen LogP contribution is 2.12. The van der Waals surface area contributed by atoms with Crippen LogP contribution in [0.3, 0.4) is 0 Å². The molecule has 0 aliphatic carbocycles. The predicted molar refractivity (Wildman–Crippen MR) is 187 cm³/mol. The Labute approximate surface area is 270 Å². The van der Waals surface area contributed by atoms with Gasteiger partial charge in [0.05, 0.1) is 18.8 Å². The van der Waals surface area contributed by atoms with Gasteiger partial charge in [0.2, 0.25) is 5.91 Å². The summed E-state index contributed by atoms with van der Waals surface area (Å²) in [5.41, 5.74) is 0. The average Bonchev–Trinajstić information content (AvgIpc) is 3.03. The molecule has 0 rings (SSSR count). The van der Waals surface area contributed by atoms with Gasteiger partial charge in [-0.1, -0.05) is 120 Å². The molecule has 0 fully saturated rings. The SMILES string of the molecule is CCCC/C=C\CCCCCCC(O)C(=O)NC(CO)C(O)C(O)CCC/C=C/CC/C=C/CC/C=C/CCCCCCC. The number of carbonyl (C=O) groups excluding carboxylic acids is 1. The van der Waals surface area contributed by atoms with Crippen LogP contribution in [0.4, 0.5) is 0 Å². The van der Waals surface area contributed by atoms with Gasteiger partial charge in [0, 0.05) is 0 Å². The number of hydrogen-bond donors (Lipinski definition) is 5. The Morgan fingerprint density at radius 3 is 1.48 bits per heavy atom. The number of amides is 1. The maximum absolute atomic E-state index is 12.4. The van der Waals surface area contributed by atoms with Gasteiger partial charge < -0.3 is 25.7 Å². The number of aliphatic hydroxyl groups is 4. The maximum atomic E-state index is 12.4. The average molecular weight is 620 g/mol. The summed E-state index contributed by atoms with van der Waals surface area (Å²) in [7, 11) is 0. The molecule has 0 heterocycles. The van der Waals surface area contributed by atoms with E-state index in [2.05, 4.69) is 67.8 Å². The Hall–Kier alpha value is -1.73. The van der Waals surface area contributed by atoms with Gasteiger partial charge in [0.25, 0.3) is 0 Å². The van der Waals surface area contributed by atoms with Gasteiger partial charge in [-0.3, -0.25) is 4.79 Å². The summed E-state index contributed by atoms with van der Waals surface area (Å²) in [5.74, 6) is -0.615. The molecular formula is C38H69NO5. The third-order valence-electron chi connectivity index (χ3n) is 7.97. The Morgan fingerprint density at radius 2 is 0.977 bits per heavy atom. The van der Waals surface area contributed by atoms with Gasteiger partial charge >= 0.3 is 0 Å². The number of aliphatic hydroxyl groups excluding tert-OH is 4. The van der Waals surface area contributed by atoms with E-state index >= 15 is 0 Å². The molecule has 0 bridgehead atoms. The topological polar surface area (TPSA) is 110 Å². The molecule has 4 atom stereocenters. The summed E-state index contributed by atoms with van der Waals surface area (Å²) in [6.07, 6.45) is 37.1. The number of carbonyl (C=O) groups is 1. The van der Waals surface area contributed by atoms with Crippen LogP contribution in [0.25, 0.3) is 0 Å². The first-order chi connectivity index (χ1) is 21.5. The van der Waals surface area contributed by atoms with E-state index < -0.39 is 36.9 Å². The van der Waals surface area contributed by atoms with Crippen LogP contribution in [0, 0.1) is 0 Å². The molecule has 6 heteroatoms. The van der Waals surface area contributed by atoms with Gasteiger partial charge in [-0.2, -0.15) is 0 Å². The van der Waals surface area contributed by atoms with Crippen molar-refractivity contribution >= 4 is 5.91 Å². The highest BCUT2D eigenvalue weighted by atomic mass is 16.3. The number of rotatable bonds is 31. The molecule has 0 aromatic rings. The Kier molecular flexibility index (Phi) is 31.4. The predicted octanol–water partition coefficient (Wildman–Crippen LogP) is 8.39. The molecule has 0 spiro atoms. The minimum Gasteiger partial charge on any atom is -0.394 e. The van der Waals surface area contributed by atoms with Crippen molar-refractivity contribution in [2.24, 2.45) is 0 Å². The van der Waals surface area contributed by atoms with Gasteiger partial charge in [0.15, 0.2) is 0 Å². The van der Waals surface area contributed by atoms with Crippen LogP contribution in [-0.2, 0) is 4.79 Å². The standard InChI is InChI=1S/C38H69NO5/c1-3-5-7-9-11-13-15-16-17-18-19-20-21-22-24-25-27-29-31-35(41)37(43)34(33-40)39-38(44)36(42)32-30-28-26-23-14-12-10-8-6-4-2/h10,12,15-16,19-20,24-25,34-37,40-43H,3-9,11,13-14,17-18,21-23,26-33H2,1-2H3,(H,39,44)/b12-10-,16-15+,20-19+,25-24+. The summed E-state index contributed by atoms with van der Waals surface area (Å²) in [5, 5.41) is 43.3. The smallest absolute Gasteiger partial charge is 0.249 e. The van der Waals surface area contributed by atoms with Crippen molar-refractivity contribution in [3.8, 4) is 0 Å². The van der Waals surface area contributed by atoms with Crippen LogP contribution in [-0.4, -0.2) is 57.3 Å². The second kappa shape index (κ2) is 32.7. The molecule has 4 unspecified atom stereocenters. The second-order valence-electron chi connectivity index (χ2n) is 12.2. The lowest BCUT2D eigenvalue weighted by atomic mass is 10.00. The number of nitrogens with one attached hydrogen (secondary N) is 1. The third-order valence-corrected chi connectivity index (χ3v) is 7.97. The molecule has 5 N–H and O–H groups in total. The molecule has 0 radical (unpaired) electrons. The van der Waals surface area contributed by atoms with Crippen LogP contribution in [0.1, 0.15) is 155 Å². The van der Waals surface area contributed by atoms with Crippen molar-refractivity contribution in [1.82, 2.24) is 5.32 Å². The molecule has 44 heavy (non-hydrogen) atoms. The molecule has 1 amide bonds. The highest BCUT2D eigenvalue weighted by molar-refractivity contribution is 5.80. The molecule has 0 aromatic heterocycles. The fraction of sp³-hybridized carbons (Fsp3) is 0.763. The van der Waals surface area contributed by atoms with E-state index in [9.17, 15) is 25.2 Å². The van der Waals surface area contributed by atoms with Crippen molar-refractivity contribution in [3.63, 3.8) is 0 Å². The number of allylic oxidation sites excluding steroid dienone is 8. The second-order valence-corrected chi connectivity index (χ2v) is 12.2. The molecule has 256 valence electrons. The highest BCUT2D eigenvalue weighted by Gasteiger charge is 2.28. The zero-order valence-electron chi connectivity index (χ0n) is 28.4. The van der Waals surface area contributed by atoms with E-state index in [-0.39, 0.29) is 0 Å². The summed E-state index contributed by atoms with van der Waals surface area (Å²) in [4.78, 5) is 12.4. The summed E-state index contributed by atoms with van der Waals surface area (Å²) >= 11 is 0. The first-order valence-electron chi connectivity index (χ1n) is 18.0. The lowest BCUT2D eigenvalue weighted by Crippen LogP contribution is -2.53. The molecule has 0 aliphatic rings. The van der Waals surface area contributed by atoms with Gasteiger partial charge in [-0.25, -0.2) is 0 Å².